The lowest BCUT2D eigenvalue weighted by Gasteiger charge is -2.19. The van der Waals surface area contributed by atoms with E-state index in [0.29, 0.717) is 6.42 Å². The lowest BCUT2D eigenvalue weighted by atomic mass is 10.0. The molecule has 1 aliphatic carbocycles. The van der Waals surface area contributed by atoms with E-state index >= 15 is 0 Å². The zero-order valence-corrected chi connectivity index (χ0v) is 10.1. The molecule has 0 heterocycles. The van der Waals surface area contributed by atoms with Crippen molar-refractivity contribution < 1.29 is 19.5 Å². The number of nitrogens with one attached hydrogen (secondary N) is 1. The van der Waals surface area contributed by atoms with Gasteiger partial charge in [0.25, 0.3) is 0 Å². The van der Waals surface area contributed by atoms with Crippen LogP contribution in [0.25, 0.3) is 0 Å². The van der Waals surface area contributed by atoms with Crippen LogP contribution in [0.2, 0.25) is 0 Å². The topological polar surface area (TPSA) is 136 Å². The SMILES string of the molecule is NC(=O)CCC(NC(=O)C1CCCC1N)C(=O)O. The third-order valence-corrected chi connectivity index (χ3v) is 3.20. The molecule has 0 spiro atoms. The van der Waals surface area contributed by atoms with Crippen LogP contribution in [0, 0.1) is 5.92 Å². The first-order chi connectivity index (χ1) is 8.41. The summed E-state index contributed by atoms with van der Waals surface area (Å²) in [5.41, 5.74) is 10.7. The molecule has 1 rings (SSSR count). The highest BCUT2D eigenvalue weighted by atomic mass is 16.4. The number of amides is 2. The highest BCUT2D eigenvalue weighted by Gasteiger charge is 2.32. The van der Waals surface area contributed by atoms with Gasteiger partial charge in [-0.15, -0.1) is 0 Å². The summed E-state index contributed by atoms with van der Waals surface area (Å²) < 4.78 is 0. The number of hydrogen-bond donors (Lipinski definition) is 4. The van der Waals surface area contributed by atoms with Crippen molar-refractivity contribution in [2.45, 2.75) is 44.2 Å². The van der Waals surface area contributed by atoms with Crippen molar-refractivity contribution >= 4 is 17.8 Å². The standard InChI is InChI=1S/C11H19N3O4/c12-7-3-1-2-6(7)10(16)14-8(11(17)18)4-5-9(13)15/h6-8H,1-5,12H2,(H2,13,15)(H,14,16)(H,17,18). The normalized spacial score (nSPS) is 24.5. The molecule has 0 saturated heterocycles. The zero-order valence-electron chi connectivity index (χ0n) is 10.1. The maximum Gasteiger partial charge on any atom is 0.326 e. The Balaban J connectivity index is 2.52. The molecule has 6 N–H and O–H groups in total. The van der Waals surface area contributed by atoms with Crippen molar-refractivity contribution in [2.24, 2.45) is 17.4 Å². The van der Waals surface area contributed by atoms with Crippen LogP contribution in [0.15, 0.2) is 0 Å². The maximum absolute atomic E-state index is 11.8. The number of nitrogens with two attached hydrogens (primary N) is 2. The van der Waals surface area contributed by atoms with Gasteiger partial charge in [0.2, 0.25) is 11.8 Å². The Hall–Kier alpha value is -1.63. The first kappa shape index (κ1) is 14.4. The average molecular weight is 257 g/mol. The van der Waals surface area contributed by atoms with Crippen molar-refractivity contribution in [1.82, 2.24) is 5.32 Å². The lowest BCUT2D eigenvalue weighted by molar-refractivity contribution is -0.142. The van der Waals surface area contributed by atoms with E-state index < -0.39 is 17.9 Å². The minimum atomic E-state index is -1.17. The Morgan fingerprint density at radius 1 is 1.33 bits per heavy atom. The van der Waals surface area contributed by atoms with Gasteiger partial charge in [-0.25, -0.2) is 4.79 Å². The Morgan fingerprint density at radius 2 is 2.00 bits per heavy atom. The maximum atomic E-state index is 11.8. The van der Waals surface area contributed by atoms with Crippen molar-refractivity contribution in [3.05, 3.63) is 0 Å². The molecule has 0 aromatic rings. The predicted molar refractivity (Wildman–Crippen MR) is 63.3 cm³/mol. The van der Waals surface area contributed by atoms with Crippen LogP contribution in [-0.4, -0.2) is 35.0 Å². The highest BCUT2D eigenvalue weighted by Crippen LogP contribution is 2.24. The van der Waals surface area contributed by atoms with Crippen molar-refractivity contribution in [3.8, 4) is 0 Å². The van der Waals surface area contributed by atoms with Gasteiger partial charge in [-0.3, -0.25) is 9.59 Å². The smallest absolute Gasteiger partial charge is 0.326 e. The minimum absolute atomic E-state index is 0.00162. The first-order valence-corrected chi connectivity index (χ1v) is 5.99. The quantitative estimate of drug-likeness (QED) is 0.481. The number of carboxylic acid groups (broad SMARTS) is 1. The van der Waals surface area contributed by atoms with Gasteiger partial charge < -0.3 is 21.9 Å². The molecule has 1 fully saturated rings. The molecule has 0 aliphatic heterocycles. The van der Waals surface area contributed by atoms with Crippen molar-refractivity contribution in [3.63, 3.8) is 0 Å². The second-order valence-corrected chi connectivity index (χ2v) is 4.61. The Bertz CT molecular complexity index is 345. The van der Waals surface area contributed by atoms with E-state index in [0.717, 1.165) is 12.8 Å². The van der Waals surface area contributed by atoms with E-state index in [9.17, 15) is 14.4 Å². The van der Waals surface area contributed by atoms with E-state index in [4.69, 9.17) is 16.6 Å². The Kier molecular flexibility index (Phi) is 5.08. The summed E-state index contributed by atoms with van der Waals surface area (Å²) in [5, 5.41) is 11.4. The fourth-order valence-corrected chi connectivity index (χ4v) is 2.14. The summed E-state index contributed by atoms with van der Waals surface area (Å²) in [7, 11) is 0. The molecular formula is C11H19N3O4. The second kappa shape index (κ2) is 6.34. The van der Waals surface area contributed by atoms with Gasteiger partial charge in [0.1, 0.15) is 6.04 Å². The molecule has 1 saturated carbocycles. The summed E-state index contributed by atoms with van der Waals surface area (Å²) in [5.74, 6) is -2.44. The molecular weight excluding hydrogens is 238 g/mol. The van der Waals surface area contributed by atoms with Crippen LogP contribution in [-0.2, 0) is 14.4 Å². The van der Waals surface area contributed by atoms with Gasteiger partial charge in [0.15, 0.2) is 0 Å². The third-order valence-electron chi connectivity index (χ3n) is 3.20. The number of hydrogen-bond acceptors (Lipinski definition) is 4. The number of carboxylic acids is 1. The molecule has 18 heavy (non-hydrogen) atoms. The summed E-state index contributed by atoms with van der Waals surface area (Å²) in [4.78, 5) is 33.4. The summed E-state index contributed by atoms with van der Waals surface area (Å²) in [6.07, 6.45) is 2.25. The Morgan fingerprint density at radius 3 is 2.44 bits per heavy atom. The largest absolute Gasteiger partial charge is 0.480 e. The molecule has 1 aliphatic rings. The highest BCUT2D eigenvalue weighted by molar-refractivity contribution is 5.86. The fourth-order valence-electron chi connectivity index (χ4n) is 2.14. The molecule has 0 aromatic carbocycles. The molecule has 7 nitrogen and oxygen atoms in total. The number of rotatable bonds is 6. The first-order valence-electron chi connectivity index (χ1n) is 5.99. The molecule has 0 bridgehead atoms. The van der Waals surface area contributed by atoms with Gasteiger partial charge in [-0.05, 0) is 19.3 Å². The minimum Gasteiger partial charge on any atom is -0.480 e. The van der Waals surface area contributed by atoms with E-state index in [1.807, 2.05) is 0 Å². The zero-order chi connectivity index (χ0) is 13.7. The summed E-state index contributed by atoms with van der Waals surface area (Å²) in [6, 6.07) is -1.30. The summed E-state index contributed by atoms with van der Waals surface area (Å²) in [6.45, 7) is 0. The van der Waals surface area contributed by atoms with Gasteiger partial charge in [-0.1, -0.05) is 6.42 Å². The average Bonchev–Trinajstić information content (AvgIpc) is 2.69. The van der Waals surface area contributed by atoms with Crippen LogP contribution in [0.1, 0.15) is 32.1 Å². The van der Waals surface area contributed by atoms with Crippen molar-refractivity contribution in [1.29, 1.82) is 0 Å². The number of carbonyl (C=O) groups excluding carboxylic acids is 2. The second-order valence-electron chi connectivity index (χ2n) is 4.61. The molecule has 0 aromatic heterocycles. The van der Waals surface area contributed by atoms with Crippen LogP contribution in [0.4, 0.5) is 0 Å². The predicted octanol–water partition coefficient (Wildman–Crippen LogP) is -1.05. The number of carbonyl (C=O) groups is 3. The lowest BCUT2D eigenvalue weighted by Crippen LogP contribution is -2.46. The van der Waals surface area contributed by atoms with Crippen molar-refractivity contribution in [2.75, 3.05) is 0 Å². The summed E-state index contributed by atoms with van der Waals surface area (Å²) >= 11 is 0. The van der Waals surface area contributed by atoms with E-state index in [1.165, 1.54) is 0 Å². The third kappa shape index (κ3) is 3.99. The van der Waals surface area contributed by atoms with Gasteiger partial charge in [0.05, 0.1) is 5.92 Å². The van der Waals surface area contributed by atoms with Crippen LogP contribution >= 0.6 is 0 Å². The van der Waals surface area contributed by atoms with E-state index in [2.05, 4.69) is 5.32 Å². The molecule has 7 heteroatoms. The molecule has 3 unspecified atom stereocenters. The Labute approximate surface area is 105 Å². The monoisotopic (exact) mass is 257 g/mol. The van der Waals surface area contributed by atoms with Gasteiger partial charge in [0, 0.05) is 12.5 Å². The van der Waals surface area contributed by atoms with E-state index in [1.54, 1.807) is 0 Å². The van der Waals surface area contributed by atoms with Crippen LogP contribution in [0.3, 0.4) is 0 Å². The number of aliphatic carboxylic acids is 1. The van der Waals surface area contributed by atoms with E-state index in [-0.39, 0.29) is 30.7 Å². The van der Waals surface area contributed by atoms with Crippen LogP contribution < -0.4 is 16.8 Å². The molecule has 0 radical (unpaired) electrons. The molecule has 2 amide bonds. The van der Waals surface area contributed by atoms with Gasteiger partial charge in [-0.2, -0.15) is 0 Å². The molecule has 3 atom stereocenters. The van der Waals surface area contributed by atoms with Gasteiger partial charge >= 0.3 is 5.97 Å². The fraction of sp³-hybridized carbons (Fsp3) is 0.727. The molecule has 102 valence electrons. The van der Waals surface area contributed by atoms with Crippen LogP contribution in [0.5, 0.6) is 0 Å². The number of primary amides is 1.